The van der Waals surface area contributed by atoms with E-state index in [1.807, 2.05) is 26.8 Å². The van der Waals surface area contributed by atoms with Crippen LogP contribution in [0.4, 0.5) is 4.79 Å². The molecule has 1 aromatic rings. The van der Waals surface area contributed by atoms with Gasteiger partial charge in [0.2, 0.25) is 5.91 Å². The Morgan fingerprint density at radius 2 is 1.91 bits per heavy atom. The Bertz CT molecular complexity index is 913. The maximum Gasteiger partial charge on any atom is 0.324 e. The number of nitrogens with zero attached hydrogens (tertiary/aromatic N) is 1. The van der Waals surface area contributed by atoms with Gasteiger partial charge < -0.3 is 20.8 Å². The SMILES string of the molecule is CCCC1(O)C(C)NCCC1(CC(=O)N(CC1CC1)C(=O)NCC1CC1)c1cc(O)ccc1C. The highest BCUT2D eigenvalue weighted by Gasteiger charge is 2.57. The number of carbonyl (C=O) groups is 2. The Kier molecular flexibility index (Phi) is 7.25. The summed E-state index contributed by atoms with van der Waals surface area (Å²) in [5, 5.41) is 29.0. The number of hydrogen-bond donors (Lipinski definition) is 4. The summed E-state index contributed by atoms with van der Waals surface area (Å²) in [4.78, 5) is 28.4. The fourth-order valence-electron chi connectivity index (χ4n) is 5.83. The lowest BCUT2D eigenvalue weighted by Gasteiger charge is -2.55. The first kappa shape index (κ1) is 25.0. The number of aryl methyl sites for hydroxylation is 1. The molecule has 1 aromatic carbocycles. The number of phenols is 1. The summed E-state index contributed by atoms with van der Waals surface area (Å²) in [6.07, 6.45) is 6.18. The molecular formula is C27H41N3O4. The van der Waals surface area contributed by atoms with Crippen molar-refractivity contribution in [3.8, 4) is 5.75 Å². The van der Waals surface area contributed by atoms with Crippen molar-refractivity contribution >= 4 is 11.9 Å². The first-order valence-corrected chi connectivity index (χ1v) is 13.0. The standard InChI is InChI=1S/C27H41N3O4/c1-4-11-27(34)19(3)28-13-12-26(27,23-14-22(31)10-5-18(23)2)15-24(32)30(17-21-8-9-21)25(33)29-16-20-6-7-20/h5,10,14,19-21,28,31,34H,4,6-9,11-13,15-17H2,1-3H3,(H,29,33). The van der Waals surface area contributed by atoms with Gasteiger partial charge in [0.25, 0.3) is 0 Å². The van der Waals surface area contributed by atoms with Gasteiger partial charge in [-0.15, -0.1) is 0 Å². The van der Waals surface area contributed by atoms with Crippen LogP contribution in [0.3, 0.4) is 0 Å². The molecule has 1 aliphatic heterocycles. The van der Waals surface area contributed by atoms with Gasteiger partial charge >= 0.3 is 6.03 Å². The molecule has 4 N–H and O–H groups in total. The van der Waals surface area contributed by atoms with Gasteiger partial charge in [0.1, 0.15) is 5.75 Å². The van der Waals surface area contributed by atoms with Crippen molar-refractivity contribution in [2.45, 2.75) is 89.2 Å². The van der Waals surface area contributed by atoms with E-state index in [-0.39, 0.29) is 30.2 Å². The average molecular weight is 472 g/mol. The van der Waals surface area contributed by atoms with Crippen LogP contribution in [0, 0.1) is 18.8 Å². The van der Waals surface area contributed by atoms with E-state index in [9.17, 15) is 19.8 Å². The predicted octanol–water partition coefficient (Wildman–Crippen LogP) is 3.60. The lowest BCUT2D eigenvalue weighted by Crippen LogP contribution is -2.68. The lowest BCUT2D eigenvalue weighted by atomic mass is 9.56. The number of piperidine rings is 1. The van der Waals surface area contributed by atoms with Crippen molar-refractivity contribution in [2.75, 3.05) is 19.6 Å². The van der Waals surface area contributed by atoms with Gasteiger partial charge in [0.05, 0.1) is 5.60 Å². The summed E-state index contributed by atoms with van der Waals surface area (Å²) in [7, 11) is 0. The molecule has 0 radical (unpaired) electrons. The van der Waals surface area contributed by atoms with E-state index in [0.717, 1.165) is 43.2 Å². The van der Waals surface area contributed by atoms with E-state index in [0.29, 0.717) is 44.3 Å². The number of aliphatic hydroxyl groups is 1. The maximum atomic E-state index is 13.9. The summed E-state index contributed by atoms with van der Waals surface area (Å²) < 4.78 is 0. The largest absolute Gasteiger partial charge is 0.508 e. The summed E-state index contributed by atoms with van der Waals surface area (Å²) in [5.74, 6) is 0.777. The first-order valence-electron chi connectivity index (χ1n) is 13.0. The van der Waals surface area contributed by atoms with Crippen molar-refractivity contribution in [1.82, 2.24) is 15.5 Å². The van der Waals surface area contributed by atoms with Crippen LogP contribution < -0.4 is 10.6 Å². The molecule has 3 fully saturated rings. The van der Waals surface area contributed by atoms with Crippen LogP contribution in [0.25, 0.3) is 0 Å². The first-order chi connectivity index (χ1) is 16.2. The number of carbonyl (C=O) groups excluding carboxylic acids is 2. The van der Waals surface area contributed by atoms with Gasteiger partial charge in [-0.3, -0.25) is 9.69 Å². The number of amides is 3. The normalized spacial score (nSPS) is 29.0. The molecule has 3 atom stereocenters. The molecule has 0 bridgehead atoms. The van der Waals surface area contributed by atoms with E-state index >= 15 is 0 Å². The number of hydrogen-bond acceptors (Lipinski definition) is 5. The Morgan fingerprint density at radius 3 is 2.56 bits per heavy atom. The highest BCUT2D eigenvalue weighted by Crippen LogP contribution is 2.50. The molecule has 3 aliphatic rings. The monoisotopic (exact) mass is 471 g/mol. The molecule has 2 aliphatic carbocycles. The fourth-order valence-corrected chi connectivity index (χ4v) is 5.83. The molecule has 3 unspecified atom stereocenters. The third-order valence-electron chi connectivity index (χ3n) is 8.29. The van der Waals surface area contributed by atoms with Gasteiger partial charge in [-0.05, 0) is 94.0 Å². The van der Waals surface area contributed by atoms with Crippen LogP contribution in [-0.2, 0) is 10.2 Å². The zero-order valence-electron chi connectivity index (χ0n) is 20.9. The topological polar surface area (TPSA) is 102 Å². The van der Waals surface area contributed by atoms with Crippen LogP contribution in [0.15, 0.2) is 18.2 Å². The average Bonchev–Trinajstić information content (AvgIpc) is 3.71. The molecule has 2 saturated carbocycles. The Hall–Kier alpha value is -2.12. The molecule has 3 amide bonds. The van der Waals surface area contributed by atoms with Crippen LogP contribution in [-0.4, -0.2) is 58.3 Å². The van der Waals surface area contributed by atoms with Crippen LogP contribution >= 0.6 is 0 Å². The van der Waals surface area contributed by atoms with E-state index < -0.39 is 11.0 Å². The highest BCUT2D eigenvalue weighted by atomic mass is 16.3. The third kappa shape index (κ3) is 4.96. The van der Waals surface area contributed by atoms with E-state index in [1.54, 1.807) is 12.1 Å². The van der Waals surface area contributed by atoms with E-state index in [1.165, 1.54) is 4.90 Å². The molecule has 188 valence electrons. The number of urea groups is 1. The highest BCUT2D eigenvalue weighted by molar-refractivity contribution is 5.95. The van der Waals surface area contributed by atoms with Gasteiger partial charge in [-0.25, -0.2) is 4.79 Å². The second-order valence-electron chi connectivity index (χ2n) is 10.9. The number of imide groups is 1. The number of phenolic OH excluding ortho intramolecular Hbond substituents is 1. The molecule has 4 rings (SSSR count). The summed E-state index contributed by atoms with van der Waals surface area (Å²) in [5.41, 5.74) is -0.383. The molecule has 7 nitrogen and oxygen atoms in total. The van der Waals surface area contributed by atoms with Crippen molar-refractivity contribution in [3.63, 3.8) is 0 Å². The Labute approximate surface area is 203 Å². The van der Waals surface area contributed by atoms with Crippen LogP contribution in [0.5, 0.6) is 5.75 Å². The molecule has 7 heteroatoms. The van der Waals surface area contributed by atoms with Crippen molar-refractivity contribution in [1.29, 1.82) is 0 Å². The quantitative estimate of drug-likeness (QED) is 0.441. The molecule has 1 heterocycles. The fraction of sp³-hybridized carbons (Fsp3) is 0.704. The van der Waals surface area contributed by atoms with Gasteiger partial charge in [-0.1, -0.05) is 19.4 Å². The summed E-state index contributed by atoms with van der Waals surface area (Å²) in [6, 6.07) is 4.64. The summed E-state index contributed by atoms with van der Waals surface area (Å²) in [6.45, 7) is 7.66. The van der Waals surface area contributed by atoms with Crippen LogP contribution in [0.1, 0.15) is 76.3 Å². The zero-order chi connectivity index (χ0) is 24.5. The maximum absolute atomic E-state index is 13.9. The summed E-state index contributed by atoms with van der Waals surface area (Å²) >= 11 is 0. The number of aromatic hydroxyl groups is 1. The third-order valence-corrected chi connectivity index (χ3v) is 8.29. The smallest absolute Gasteiger partial charge is 0.324 e. The number of nitrogens with one attached hydrogen (secondary N) is 2. The van der Waals surface area contributed by atoms with E-state index in [2.05, 4.69) is 10.6 Å². The molecule has 1 saturated heterocycles. The molecule has 34 heavy (non-hydrogen) atoms. The van der Waals surface area contributed by atoms with Gasteiger partial charge in [-0.2, -0.15) is 0 Å². The Balaban J connectivity index is 1.71. The second kappa shape index (κ2) is 9.86. The van der Waals surface area contributed by atoms with Crippen molar-refractivity contribution in [2.24, 2.45) is 11.8 Å². The number of rotatable bonds is 9. The lowest BCUT2D eigenvalue weighted by molar-refractivity contribution is -0.140. The van der Waals surface area contributed by atoms with Crippen molar-refractivity contribution < 1.29 is 19.8 Å². The van der Waals surface area contributed by atoms with Gasteiger partial charge in [0, 0.05) is 31.0 Å². The number of benzene rings is 1. The second-order valence-corrected chi connectivity index (χ2v) is 10.9. The van der Waals surface area contributed by atoms with Gasteiger partial charge in [0.15, 0.2) is 0 Å². The minimum atomic E-state index is -1.20. The molecule has 0 aromatic heterocycles. The van der Waals surface area contributed by atoms with Crippen molar-refractivity contribution in [3.05, 3.63) is 29.3 Å². The Morgan fingerprint density at radius 1 is 1.21 bits per heavy atom. The molecule has 0 spiro atoms. The van der Waals surface area contributed by atoms with Crippen LogP contribution in [0.2, 0.25) is 0 Å². The zero-order valence-corrected chi connectivity index (χ0v) is 20.9. The minimum Gasteiger partial charge on any atom is -0.508 e. The predicted molar refractivity (Wildman–Crippen MR) is 132 cm³/mol. The van der Waals surface area contributed by atoms with E-state index in [4.69, 9.17) is 0 Å². The molecular weight excluding hydrogens is 430 g/mol. The minimum absolute atomic E-state index is 0.0311.